The molecule has 0 radical (unpaired) electrons. The Morgan fingerprint density at radius 1 is 0.277 bits per heavy atom. The molecule has 9 aromatic carbocycles. The summed E-state index contributed by atoms with van der Waals surface area (Å²) in [5.41, 5.74) is 8.99. The number of benzene rings is 9. The summed E-state index contributed by atoms with van der Waals surface area (Å²) in [6.45, 7) is 0. The third kappa shape index (κ3) is 4.17. The van der Waals surface area contributed by atoms with Gasteiger partial charge in [0.1, 0.15) is 11.2 Å². The van der Waals surface area contributed by atoms with E-state index >= 15 is 0 Å². The van der Waals surface area contributed by atoms with Gasteiger partial charge in [0.15, 0.2) is 0 Å². The van der Waals surface area contributed by atoms with Crippen molar-refractivity contribution >= 4 is 65.0 Å². The van der Waals surface area contributed by atoms with Crippen LogP contribution in [0.5, 0.6) is 0 Å². The Hall–Kier alpha value is -6.18. The van der Waals surface area contributed by atoms with Gasteiger partial charge >= 0.3 is 0 Å². The quantitative estimate of drug-likeness (QED) is 0.185. The second-order valence-electron chi connectivity index (χ2n) is 12.5. The molecule has 0 atom stereocenters. The Morgan fingerprint density at radius 3 is 1.62 bits per heavy atom. The first-order chi connectivity index (χ1) is 23.3. The van der Waals surface area contributed by atoms with Crippen molar-refractivity contribution in [2.45, 2.75) is 0 Å². The van der Waals surface area contributed by atoms with Gasteiger partial charge in [0.05, 0.1) is 0 Å². The molecule has 1 heterocycles. The molecule has 1 heteroatoms. The predicted molar refractivity (Wildman–Crippen MR) is 200 cm³/mol. The number of hydrogen-bond donors (Lipinski definition) is 0. The number of furan rings is 1. The Kier molecular flexibility index (Phi) is 5.64. The van der Waals surface area contributed by atoms with Crippen molar-refractivity contribution in [1.29, 1.82) is 0 Å². The molecule has 0 bridgehead atoms. The summed E-state index contributed by atoms with van der Waals surface area (Å²) < 4.78 is 6.44. The maximum Gasteiger partial charge on any atom is 0.136 e. The van der Waals surface area contributed by atoms with Crippen LogP contribution in [-0.2, 0) is 0 Å². The van der Waals surface area contributed by atoms with Gasteiger partial charge < -0.3 is 4.42 Å². The van der Waals surface area contributed by atoms with E-state index in [4.69, 9.17) is 4.42 Å². The van der Waals surface area contributed by atoms with Crippen molar-refractivity contribution < 1.29 is 4.42 Å². The van der Waals surface area contributed by atoms with Crippen LogP contribution >= 0.6 is 0 Å². The largest absolute Gasteiger partial charge is 0.456 e. The fourth-order valence-corrected chi connectivity index (χ4v) is 7.48. The highest BCUT2D eigenvalue weighted by atomic mass is 16.3. The van der Waals surface area contributed by atoms with E-state index in [0.717, 1.165) is 33.1 Å². The van der Waals surface area contributed by atoms with E-state index in [1.165, 1.54) is 65.3 Å². The molecule has 0 saturated carbocycles. The molecule has 10 rings (SSSR count). The van der Waals surface area contributed by atoms with Crippen molar-refractivity contribution in [2.24, 2.45) is 0 Å². The molecule has 0 aliphatic rings. The second kappa shape index (κ2) is 10.2. The molecular formula is C46H28O. The fourth-order valence-electron chi connectivity index (χ4n) is 7.48. The number of fused-ring (bicyclic) bond motifs is 9. The predicted octanol–water partition coefficient (Wildman–Crippen LogP) is 13.2. The molecule has 0 N–H and O–H groups in total. The average molecular weight is 597 g/mol. The lowest BCUT2D eigenvalue weighted by Gasteiger charge is -2.14. The average Bonchev–Trinajstić information content (AvgIpc) is 3.51. The summed E-state index contributed by atoms with van der Waals surface area (Å²) >= 11 is 0. The lowest BCUT2D eigenvalue weighted by Crippen LogP contribution is -1.87. The first-order valence-electron chi connectivity index (χ1n) is 16.2. The fraction of sp³-hybridized carbons (Fsp3) is 0. The summed E-state index contributed by atoms with van der Waals surface area (Å²) in [6.07, 6.45) is 0. The number of rotatable bonds is 3. The zero-order chi connectivity index (χ0) is 30.9. The summed E-state index contributed by atoms with van der Waals surface area (Å²) in [4.78, 5) is 0. The van der Waals surface area contributed by atoms with Crippen LogP contribution < -0.4 is 0 Å². The van der Waals surface area contributed by atoms with Crippen molar-refractivity contribution in [3.8, 4) is 33.4 Å². The maximum absolute atomic E-state index is 6.44. The minimum Gasteiger partial charge on any atom is -0.456 e. The SMILES string of the molecule is c1ccc(-c2ccc3c(c2)oc2cc(-c4ccc5ccc(-c6cc7ccc8ccccc8c7c7ccccc67)cc5c4)ccc23)cc1. The molecule has 0 aliphatic heterocycles. The first kappa shape index (κ1) is 26.1. The Balaban J connectivity index is 1.09. The van der Waals surface area contributed by atoms with Gasteiger partial charge in [0, 0.05) is 10.8 Å². The van der Waals surface area contributed by atoms with Gasteiger partial charge in [-0.2, -0.15) is 0 Å². The molecular weight excluding hydrogens is 569 g/mol. The van der Waals surface area contributed by atoms with Crippen LogP contribution in [-0.4, -0.2) is 0 Å². The number of hydrogen-bond acceptors (Lipinski definition) is 1. The van der Waals surface area contributed by atoms with Crippen LogP contribution in [0.2, 0.25) is 0 Å². The Bertz CT molecular complexity index is 2840. The van der Waals surface area contributed by atoms with Gasteiger partial charge in [-0.25, -0.2) is 0 Å². The monoisotopic (exact) mass is 596 g/mol. The standard InChI is InChI=1S/C46H28O/c1-2-8-29(9-3-1)33-20-22-40-41-23-21-34(28-45(41)47-44(40)27-33)32-17-14-30-15-18-35(25-37(30)24-32)43-26-36-19-16-31-10-4-5-11-38(31)46(36)42-13-7-6-12-39(42)43/h1-28H. The molecule has 1 nitrogen and oxygen atoms in total. The lowest BCUT2D eigenvalue weighted by molar-refractivity contribution is 0.669. The van der Waals surface area contributed by atoms with E-state index in [-0.39, 0.29) is 0 Å². The van der Waals surface area contributed by atoms with Gasteiger partial charge in [-0.15, -0.1) is 0 Å². The molecule has 0 saturated heterocycles. The molecule has 1 aromatic heterocycles. The van der Waals surface area contributed by atoms with Crippen LogP contribution in [0.25, 0.3) is 98.4 Å². The molecule has 0 unspecified atom stereocenters. The summed E-state index contributed by atoms with van der Waals surface area (Å²) in [6, 6.07) is 61.6. The molecule has 0 aliphatic carbocycles. The van der Waals surface area contributed by atoms with Crippen LogP contribution in [0.1, 0.15) is 0 Å². The van der Waals surface area contributed by atoms with E-state index in [9.17, 15) is 0 Å². The maximum atomic E-state index is 6.44. The zero-order valence-electron chi connectivity index (χ0n) is 25.6. The van der Waals surface area contributed by atoms with Gasteiger partial charge in [-0.05, 0) is 119 Å². The zero-order valence-corrected chi connectivity index (χ0v) is 25.6. The molecule has 47 heavy (non-hydrogen) atoms. The van der Waals surface area contributed by atoms with Crippen LogP contribution in [0.4, 0.5) is 0 Å². The van der Waals surface area contributed by atoms with Gasteiger partial charge in [-0.1, -0.05) is 127 Å². The topological polar surface area (TPSA) is 13.1 Å². The van der Waals surface area contributed by atoms with E-state index in [1.807, 2.05) is 6.07 Å². The van der Waals surface area contributed by atoms with Crippen molar-refractivity contribution in [2.75, 3.05) is 0 Å². The molecule has 0 fully saturated rings. The molecule has 0 spiro atoms. The minimum absolute atomic E-state index is 0.909. The normalized spacial score (nSPS) is 11.8. The Labute approximate surface area is 271 Å². The van der Waals surface area contributed by atoms with Crippen LogP contribution in [0.3, 0.4) is 0 Å². The lowest BCUT2D eigenvalue weighted by atomic mass is 9.90. The highest BCUT2D eigenvalue weighted by Gasteiger charge is 2.13. The van der Waals surface area contributed by atoms with Gasteiger partial charge in [-0.3, -0.25) is 0 Å². The first-order valence-corrected chi connectivity index (χ1v) is 16.2. The smallest absolute Gasteiger partial charge is 0.136 e. The molecule has 0 amide bonds. The van der Waals surface area contributed by atoms with Crippen molar-refractivity contribution in [3.05, 3.63) is 170 Å². The van der Waals surface area contributed by atoms with Crippen molar-refractivity contribution in [1.82, 2.24) is 0 Å². The summed E-state index contributed by atoms with van der Waals surface area (Å²) in [5.74, 6) is 0. The molecule has 218 valence electrons. The van der Waals surface area contributed by atoms with E-state index in [1.54, 1.807) is 0 Å². The van der Waals surface area contributed by atoms with E-state index < -0.39 is 0 Å². The van der Waals surface area contributed by atoms with Crippen molar-refractivity contribution in [3.63, 3.8) is 0 Å². The van der Waals surface area contributed by atoms with E-state index in [2.05, 4.69) is 164 Å². The molecule has 10 aromatic rings. The third-order valence-corrected chi connectivity index (χ3v) is 9.81. The van der Waals surface area contributed by atoms with Crippen LogP contribution in [0.15, 0.2) is 174 Å². The Morgan fingerprint density at radius 2 is 0.830 bits per heavy atom. The third-order valence-electron chi connectivity index (χ3n) is 9.81. The second-order valence-corrected chi connectivity index (χ2v) is 12.5. The summed E-state index contributed by atoms with van der Waals surface area (Å²) in [7, 11) is 0. The van der Waals surface area contributed by atoms with E-state index in [0.29, 0.717) is 0 Å². The minimum atomic E-state index is 0.909. The summed E-state index contributed by atoms with van der Waals surface area (Å²) in [5, 5.41) is 12.5. The van der Waals surface area contributed by atoms with Crippen LogP contribution in [0, 0.1) is 0 Å². The van der Waals surface area contributed by atoms with Gasteiger partial charge in [0.2, 0.25) is 0 Å². The highest BCUT2D eigenvalue weighted by Crippen LogP contribution is 2.40. The highest BCUT2D eigenvalue weighted by molar-refractivity contribution is 6.23. The van der Waals surface area contributed by atoms with Gasteiger partial charge in [0.25, 0.3) is 0 Å².